The first kappa shape index (κ1) is 19.2. The molecule has 0 fully saturated rings. The number of anilines is 2. The second kappa shape index (κ2) is 10.0. The molecule has 0 atom stereocenters. The Balaban J connectivity index is 0.00000400. The smallest absolute Gasteiger partial charge is 0.319 e. The van der Waals surface area contributed by atoms with E-state index < -0.39 is 0 Å². The van der Waals surface area contributed by atoms with Gasteiger partial charge in [0, 0.05) is 19.0 Å². The standard InChI is InChI=1S/C14H22N4O2.ClH/c1-10(2)16-14(20)18-12-7-5-4-6-11(12)17-13(19)8-9-15-3;/h4-7,10,15H,8-9H2,1-3H3,(H,17,19)(H2,16,18,20);1H. The van der Waals surface area contributed by atoms with Crippen LogP contribution in [0.2, 0.25) is 0 Å². The van der Waals surface area contributed by atoms with E-state index in [1.165, 1.54) is 0 Å². The third kappa shape index (κ3) is 7.53. The normalized spacial score (nSPS) is 9.71. The Hall–Kier alpha value is -1.79. The molecular formula is C14H23ClN4O2. The van der Waals surface area contributed by atoms with Crippen LogP contribution >= 0.6 is 12.4 Å². The number of rotatable bonds is 6. The van der Waals surface area contributed by atoms with Gasteiger partial charge in [-0.1, -0.05) is 12.1 Å². The quantitative estimate of drug-likeness (QED) is 0.649. The second-order valence-electron chi connectivity index (χ2n) is 4.70. The highest BCUT2D eigenvalue weighted by Crippen LogP contribution is 2.20. The van der Waals surface area contributed by atoms with Gasteiger partial charge in [0.15, 0.2) is 0 Å². The molecule has 0 aliphatic rings. The van der Waals surface area contributed by atoms with Gasteiger partial charge in [0.05, 0.1) is 11.4 Å². The van der Waals surface area contributed by atoms with Gasteiger partial charge in [-0.15, -0.1) is 12.4 Å². The van der Waals surface area contributed by atoms with E-state index in [0.29, 0.717) is 24.3 Å². The molecule has 118 valence electrons. The van der Waals surface area contributed by atoms with E-state index >= 15 is 0 Å². The molecule has 3 amide bonds. The Bertz CT molecular complexity index is 466. The first-order valence-corrected chi connectivity index (χ1v) is 6.64. The highest BCUT2D eigenvalue weighted by atomic mass is 35.5. The van der Waals surface area contributed by atoms with Crippen LogP contribution in [0.3, 0.4) is 0 Å². The fourth-order valence-electron chi connectivity index (χ4n) is 1.57. The zero-order valence-electron chi connectivity index (χ0n) is 12.5. The molecule has 4 N–H and O–H groups in total. The molecular weight excluding hydrogens is 292 g/mol. The predicted molar refractivity (Wildman–Crippen MR) is 88.2 cm³/mol. The highest BCUT2D eigenvalue weighted by molar-refractivity contribution is 5.99. The molecule has 0 spiro atoms. The van der Waals surface area contributed by atoms with Gasteiger partial charge in [-0.3, -0.25) is 4.79 Å². The lowest BCUT2D eigenvalue weighted by Gasteiger charge is -2.14. The summed E-state index contributed by atoms with van der Waals surface area (Å²) in [5.41, 5.74) is 1.16. The minimum atomic E-state index is -0.295. The Morgan fingerprint density at radius 2 is 1.67 bits per heavy atom. The Kier molecular flexibility index (Phi) is 9.16. The molecule has 0 saturated heterocycles. The van der Waals surface area contributed by atoms with Gasteiger partial charge < -0.3 is 21.3 Å². The monoisotopic (exact) mass is 314 g/mol. The van der Waals surface area contributed by atoms with Gasteiger partial charge in [-0.25, -0.2) is 4.79 Å². The summed E-state index contributed by atoms with van der Waals surface area (Å²) in [4.78, 5) is 23.4. The van der Waals surface area contributed by atoms with Gasteiger partial charge in [-0.05, 0) is 33.0 Å². The van der Waals surface area contributed by atoms with E-state index in [2.05, 4.69) is 21.3 Å². The van der Waals surface area contributed by atoms with E-state index in [0.717, 1.165) is 0 Å². The van der Waals surface area contributed by atoms with Gasteiger partial charge in [0.25, 0.3) is 0 Å². The van der Waals surface area contributed by atoms with Crippen LogP contribution in [-0.2, 0) is 4.79 Å². The lowest BCUT2D eigenvalue weighted by atomic mass is 10.2. The number of halogens is 1. The predicted octanol–water partition coefficient (Wildman–Crippen LogP) is 2.19. The number of carbonyl (C=O) groups excluding carboxylic acids is 2. The summed E-state index contributed by atoms with van der Waals surface area (Å²) < 4.78 is 0. The van der Waals surface area contributed by atoms with Crippen LogP contribution in [0.4, 0.5) is 16.2 Å². The molecule has 0 radical (unpaired) electrons. The van der Waals surface area contributed by atoms with Crippen LogP contribution in [0.1, 0.15) is 20.3 Å². The zero-order chi connectivity index (χ0) is 15.0. The molecule has 0 aliphatic carbocycles. The summed E-state index contributed by atoms with van der Waals surface area (Å²) in [6, 6.07) is 6.85. The first-order chi connectivity index (χ1) is 9.52. The van der Waals surface area contributed by atoms with E-state index in [1.807, 2.05) is 13.8 Å². The molecule has 1 aromatic carbocycles. The van der Waals surface area contributed by atoms with Crippen molar-refractivity contribution in [1.29, 1.82) is 0 Å². The number of urea groups is 1. The maximum absolute atomic E-state index is 11.7. The minimum absolute atomic E-state index is 0. The number of amides is 3. The van der Waals surface area contributed by atoms with Gasteiger partial charge in [0.1, 0.15) is 0 Å². The van der Waals surface area contributed by atoms with Gasteiger partial charge >= 0.3 is 6.03 Å². The van der Waals surface area contributed by atoms with Crippen LogP contribution in [-0.4, -0.2) is 31.6 Å². The SMILES string of the molecule is CNCCC(=O)Nc1ccccc1NC(=O)NC(C)C.Cl. The molecule has 7 heteroatoms. The molecule has 21 heavy (non-hydrogen) atoms. The average Bonchev–Trinajstić information content (AvgIpc) is 2.37. The van der Waals surface area contributed by atoms with Crippen LogP contribution in [0.15, 0.2) is 24.3 Å². The number of para-hydroxylation sites is 2. The molecule has 6 nitrogen and oxygen atoms in total. The Morgan fingerprint density at radius 3 is 2.19 bits per heavy atom. The highest BCUT2D eigenvalue weighted by Gasteiger charge is 2.09. The molecule has 0 heterocycles. The van der Waals surface area contributed by atoms with Crippen LogP contribution in [0, 0.1) is 0 Å². The summed E-state index contributed by atoms with van der Waals surface area (Å²) in [6.45, 7) is 4.37. The molecule has 1 aromatic rings. The maximum Gasteiger partial charge on any atom is 0.319 e. The van der Waals surface area contributed by atoms with Crippen LogP contribution < -0.4 is 21.3 Å². The summed E-state index contributed by atoms with van der Waals surface area (Å²) in [7, 11) is 1.79. The molecule has 1 rings (SSSR count). The van der Waals surface area contributed by atoms with Crippen molar-refractivity contribution in [3.05, 3.63) is 24.3 Å². The number of hydrogen-bond donors (Lipinski definition) is 4. The van der Waals surface area contributed by atoms with Crippen molar-refractivity contribution in [3.8, 4) is 0 Å². The number of carbonyl (C=O) groups is 2. The summed E-state index contributed by atoms with van der Waals surface area (Å²) in [5, 5.41) is 11.2. The molecule has 0 aliphatic heterocycles. The van der Waals surface area contributed by atoms with E-state index in [9.17, 15) is 9.59 Å². The van der Waals surface area contributed by atoms with Crippen molar-refractivity contribution in [2.75, 3.05) is 24.2 Å². The third-order valence-corrected chi connectivity index (χ3v) is 2.47. The Morgan fingerprint density at radius 1 is 1.10 bits per heavy atom. The van der Waals surface area contributed by atoms with Gasteiger partial charge in [0.2, 0.25) is 5.91 Å². The molecule has 0 saturated carbocycles. The minimum Gasteiger partial charge on any atom is -0.336 e. The van der Waals surface area contributed by atoms with Gasteiger partial charge in [-0.2, -0.15) is 0 Å². The number of nitrogens with one attached hydrogen (secondary N) is 4. The van der Waals surface area contributed by atoms with E-state index in [1.54, 1.807) is 31.3 Å². The molecule has 0 bridgehead atoms. The lowest BCUT2D eigenvalue weighted by molar-refractivity contribution is -0.116. The van der Waals surface area contributed by atoms with E-state index in [-0.39, 0.29) is 30.4 Å². The van der Waals surface area contributed by atoms with Crippen molar-refractivity contribution < 1.29 is 9.59 Å². The van der Waals surface area contributed by atoms with Crippen LogP contribution in [0.25, 0.3) is 0 Å². The van der Waals surface area contributed by atoms with E-state index in [4.69, 9.17) is 0 Å². The van der Waals surface area contributed by atoms with Crippen LogP contribution in [0.5, 0.6) is 0 Å². The Labute approximate surface area is 131 Å². The lowest BCUT2D eigenvalue weighted by Crippen LogP contribution is -2.34. The maximum atomic E-state index is 11.7. The fraction of sp³-hybridized carbons (Fsp3) is 0.429. The topological polar surface area (TPSA) is 82.3 Å². The largest absolute Gasteiger partial charge is 0.336 e. The number of hydrogen-bond acceptors (Lipinski definition) is 3. The summed E-state index contributed by atoms with van der Waals surface area (Å²) in [6.07, 6.45) is 0.378. The van der Waals surface area contributed by atoms with Crippen molar-refractivity contribution >= 4 is 35.7 Å². The average molecular weight is 315 g/mol. The summed E-state index contributed by atoms with van der Waals surface area (Å²) >= 11 is 0. The summed E-state index contributed by atoms with van der Waals surface area (Å²) in [5.74, 6) is -0.0992. The molecule has 0 aromatic heterocycles. The third-order valence-electron chi connectivity index (χ3n) is 2.47. The van der Waals surface area contributed by atoms with Crippen molar-refractivity contribution in [3.63, 3.8) is 0 Å². The molecule has 0 unspecified atom stereocenters. The van der Waals surface area contributed by atoms with Crippen molar-refractivity contribution in [2.24, 2.45) is 0 Å². The van der Waals surface area contributed by atoms with Crippen molar-refractivity contribution in [1.82, 2.24) is 10.6 Å². The van der Waals surface area contributed by atoms with Crippen molar-refractivity contribution in [2.45, 2.75) is 26.3 Å². The fourth-order valence-corrected chi connectivity index (χ4v) is 1.57. The number of benzene rings is 1. The second-order valence-corrected chi connectivity index (χ2v) is 4.70. The zero-order valence-corrected chi connectivity index (χ0v) is 13.3. The first-order valence-electron chi connectivity index (χ1n) is 6.64.